The molecule has 2 atom stereocenters. The normalized spacial score (nSPS) is 30.3. The molecule has 0 radical (unpaired) electrons. The summed E-state index contributed by atoms with van der Waals surface area (Å²) < 4.78 is 5.69. The van der Waals surface area contributed by atoms with Crippen molar-refractivity contribution in [2.45, 2.75) is 38.7 Å². The van der Waals surface area contributed by atoms with Gasteiger partial charge in [0.25, 0.3) is 0 Å². The minimum Gasteiger partial charge on any atom is -0.466 e. The number of furan rings is 1. The van der Waals surface area contributed by atoms with Gasteiger partial charge >= 0.3 is 0 Å². The molecule has 1 aromatic rings. The third-order valence-electron chi connectivity index (χ3n) is 3.61. The molecule has 15 heavy (non-hydrogen) atoms. The first-order valence-corrected chi connectivity index (χ1v) is 5.66. The van der Waals surface area contributed by atoms with Crippen LogP contribution in [0.5, 0.6) is 0 Å². The molecule has 0 fully saturated rings. The molecule has 0 saturated heterocycles. The Hall–Kier alpha value is -0.800. The van der Waals surface area contributed by atoms with Crippen LogP contribution in [0.25, 0.3) is 0 Å². The SMILES string of the molecule is CCc1cc2c(o1)CCC(C)C2(O)CN. The summed E-state index contributed by atoms with van der Waals surface area (Å²) in [5.41, 5.74) is 5.73. The van der Waals surface area contributed by atoms with Crippen molar-refractivity contribution in [2.24, 2.45) is 11.7 Å². The highest BCUT2D eigenvalue weighted by molar-refractivity contribution is 5.32. The third-order valence-corrected chi connectivity index (χ3v) is 3.61. The van der Waals surface area contributed by atoms with Crippen molar-refractivity contribution in [3.05, 3.63) is 23.2 Å². The van der Waals surface area contributed by atoms with Gasteiger partial charge in [0.1, 0.15) is 17.1 Å². The van der Waals surface area contributed by atoms with E-state index in [4.69, 9.17) is 10.2 Å². The van der Waals surface area contributed by atoms with Crippen LogP contribution in [-0.4, -0.2) is 11.7 Å². The molecular formula is C12H19NO2. The zero-order valence-corrected chi connectivity index (χ0v) is 9.42. The molecule has 0 spiro atoms. The minimum absolute atomic E-state index is 0.206. The summed E-state index contributed by atoms with van der Waals surface area (Å²) in [5, 5.41) is 10.5. The van der Waals surface area contributed by atoms with Crippen molar-refractivity contribution in [3.63, 3.8) is 0 Å². The molecule has 1 heterocycles. The molecule has 84 valence electrons. The van der Waals surface area contributed by atoms with Crippen LogP contribution in [0.2, 0.25) is 0 Å². The van der Waals surface area contributed by atoms with Gasteiger partial charge in [0, 0.05) is 24.9 Å². The van der Waals surface area contributed by atoms with E-state index < -0.39 is 5.60 Å². The summed E-state index contributed by atoms with van der Waals surface area (Å²) in [4.78, 5) is 0. The van der Waals surface area contributed by atoms with Gasteiger partial charge in [-0.3, -0.25) is 0 Å². The van der Waals surface area contributed by atoms with Gasteiger partial charge in [0.05, 0.1) is 0 Å². The molecule has 1 aliphatic rings. The molecule has 0 saturated carbocycles. The average Bonchev–Trinajstić information content (AvgIpc) is 2.68. The van der Waals surface area contributed by atoms with E-state index in [0.29, 0.717) is 0 Å². The Balaban J connectivity index is 2.47. The maximum Gasteiger partial charge on any atom is 0.110 e. The molecule has 3 nitrogen and oxygen atoms in total. The first kappa shape index (κ1) is 10.7. The van der Waals surface area contributed by atoms with E-state index in [1.165, 1.54) is 0 Å². The lowest BCUT2D eigenvalue weighted by Crippen LogP contribution is -2.43. The van der Waals surface area contributed by atoms with Gasteiger partial charge in [-0.15, -0.1) is 0 Å². The largest absolute Gasteiger partial charge is 0.466 e. The number of nitrogens with two attached hydrogens (primary N) is 1. The lowest BCUT2D eigenvalue weighted by molar-refractivity contribution is -0.0212. The van der Waals surface area contributed by atoms with Gasteiger partial charge < -0.3 is 15.3 Å². The Morgan fingerprint density at radius 3 is 3.00 bits per heavy atom. The predicted molar refractivity (Wildman–Crippen MR) is 58.5 cm³/mol. The molecule has 0 amide bonds. The Morgan fingerprint density at radius 1 is 1.67 bits per heavy atom. The summed E-state index contributed by atoms with van der Waals surface area (Å²) in [6, 6.07) is 1.97. The van der Waals surface area contributed by atoms with E-state index in [9.17, 15) is 5.11 Å². The number of fused-ring (bicyclic) bond motifs is 1. The summed E-state index contributed by atoms with van der Waals surface area (Å²) in [7, 11) is 0. The van der Waals surface area contributed by atoms with Crippen LogP contribution in [0, 0.1) is 5.92 Å². The molecule has 3 heteroatoms. The molecule has 0 aromatic carbocycles. The van der Waals surface area contributed by atoms with Crippen LogP contribution in [0.3, 0.4) is 0 Å². The Kier molecular flexibility index (Phi) is 2.61. The average molecular weight is 209 g/mol. The highest BCUT2D eigenvalue weighted by Crippen LogP contribution is 2.40. The second-order valence-corrected chi connectivity index (χ2v) is 4.47. The second-order valence-electron chi connectivity index (χ2n) is 4.47. The lowest BCUT2D eigenvalue weighted by Gasteiger charge is -2.36. The maximum absolute atomic E-state index is 10.5. The Bertz CT molecular complexity index is 359. The standard InChI is InChI=1S/C12H19NO2/c1-3-9-6-10-11(15-9)5-4-8(2)12(10,14)7-13/h6,8,14H,3-5,7,13H2,1-2H3. The molecule has 2 rings (SSSR count). The topological polar surface area (TPSA) is 59.4 Å². The van der Waals surface area contributed by atoms with Crippen molar-refractivity contribution in [1.29, 1.82) is 0 Å². The van der Waals surface area contributed by atoms with Gasteiger partial charge in [-0.25, -0.2) is 0 Å². The molecule has 0 bridgehead atoms. The number of aliphatic hydroxyl groups is 1. The van der Waals surface area contributed by atoms with E-state index in [1.807, 2.05) is 6.07 Å². The van der Waals surface area contributed by atoms with Crippen molar-refractivity contribution in [2.75, 3.05) is 6.54 Å². The van der Waals surface area contributed by atoms with E-state index >= 15 is 0 Å². The Morgan fingerprint density at radius 2 is 2.40 bits per heavy atom. The summed E-state index contributed by atoms with van der Waals surface area (Å²) >= 11 is 0. The molecule has 3 N–H and O–H groups in total. The van der Waals surface area contributed by atoms with E-state index in [0.717, 1.165) is 36.3 Å². The number of rotatable bonds is 2. The van der Waals surface area contributed by atoms with E-state index in [1.54, 1.807) is 0 Å². The fourth-order valence-corrected chi connectivity index (χ4v) is 2.37. The highest BCUT2D eigenvalue weighted by Gasteiger charge is 2.41. The molecular weight excluding hydrogens is 190 g/mol. The molecule has 2 unspecified atom stereocenters. The van der Waals surface area contributed by atoms with E-state index in [2.05, 4.69) is 13.8 Å². The monoisotopic (exact) mass is 209 g/mol. The number of aryl methyl sites for hydroxylation is 2. The van der Waals surface area contributed by atoms with Crippen LogP contribution >= 0.6 is 0 Å². The third kappa shape index (κ3) is 1.50. The fraction of sp³-hybridized carbons (Fsp3) is 0.667. The van der Waals surface area contributed by atoms with E-state index in [-0.39, 0.29) is 12.5 Å². The van der Waals surface area contributed by atoms with Crippen LogP contribution < -0.4 is 5.73 Å². The van der Waals surface area contributed by atoms with Crippen LogP contribution in [0.1, 0.15) is 37.4 Å². The van der Waals surface area contributed by atoms with Gasteiger partial charge in [-0.2, -0.15) is 0 Å². The predicted octanol–water partition coefficient (Wildman–Crippen LogP) is 1.57. The van der Waals surface area contributed by atoms with Crippen LogP contribution in [0.15, 0.2) is 10.5 Å². The molecule has 1 aromatic heterocycles. The summed E-state index contributed by atoms with van der Waals surface area (Å²) in [5.74, 6) is 2.08. The zero-order valence-electron chi connectivity index (χ0n) is 9.42. The molecule has 1 aliphatic carbocycles. The number of hydrogen-bond donors (Lipinski definition) is 2. The number of hydrogen-bond acceptors (Lipinski definition) is 3. The summed E-state index contributed by atoms with van der Waals surface area (Å²) in [6.45, 7) is 4.37. The fourth-order valence-electron chi connectivity index (χ4n) is 2.37. The van der Waals surface area contributed by atoms with Crippen molar-refractivity contribution >= 4 is 0 Å². The van der Waals surface area contributed by atoms with Gasteiger partial charge in [-0.1, -0.05) is 13.8 Å². The smallest absolute Gasteiger partial charge is 0.110 e. The maximum atomic E-state index is 10.5. The lowest BCUT2D eigenvalue weighted by atomic mass is 9.75. The minimum atomic E-state index is -0.884. The molecule has 0 aliphatic heterocycles. The summed E-state index contributed by atoms with van der Waals surface area (Å²) in [6.07, 6.45) is 2.72. The Labute approximate surface area is 90.3 Å². The van der Waals surface area contributed by atoms with Gasteiger partial charge in [-0.05, 0) is 18.4 Å². The van der Waals surface area contributed by atoms with Crippen molar-refractivity contribution in [3.8, 4) is 0 Å². The van der Waals surface area contributed by atoms with Crippen LogP contribution in [0.4, 0.5) is 0 Å². The second kappa shape index (κ2) is 3.65. The quantitative estimate of drug-likeness (QED) is 0.777. The first-order valence-electron chi connectivity index (χ1n) is 5.66. The van der Waals surface area contributed by atoms with Crippen LogP contribution in [-0.2, 0) is 18.4 Å². The zero-order chi connectivity index (χ0) is 11.1. The van der Waals surface area contributed by atoms with Gasteiger partial charge in [0.15, 0.2) is 0 Å². The van der Waals surface area contributed by atoms with Gasteiger partial charge in [0.2, 0.25) is 0 Å². The van der Waals surface area contributed by atoms with Crippen molar-refractivity contribution < 1.29 is 9.52 Å². The highest BCUT2D eigenvalue weighted by atomic mass is 16.3. The first-order chi connectivity index (χ1) is 7.11. The van der Waals surface area contributed by atoms with Crippen molar-refractivity contribution in [1.82, 2.24) is 0 Å².